The second-order valence-corrected chi connectivity index (χ2v) is 9.36. The number of pyridine rings is 2. The smallest absolute Gasteiger partial charge is 0.265 e. The zero-order chi connectivity index (χ0) is 25.7. The Balaban J connectivity index is 1.62. The Kier molecular flexibility index (Phi) is 8.00. The van der Waals surface area contributed by atoms with Gasteiger partial charge in [0.1, 0.15) is 40.6 Å². The van der Waals surface area contributed by atoms with Gasteiger partial charge < -0.3 is 14.8 Å². The fraction of sp³-hybridized carbons (Fsp3) is 0.0833. The molecular weight excluding hydrogens is 528 g/mol. The second-order valence-electron chi connectivity index (χ2n) is 7.25. The lowest BCUT2D eigenvalue weighted by Crippen LogP contribution is -2.10. The van der Waals surface area contributed by atoms with E-state index in [1.165, 1.54) is 30.3 Å². The zero-order valence-corrected chi connectivity index (χ0v) is 20.9. The molecule has 2 N–H and O–H groups in total. The molecule has 0 saturated heterocycles. The van der Waals surface area contributed by atoms with Crippen molar-refractivity contribution in [1.82, 2.24) is 9.97 Å². The number of rotatable bonds is 8. The number of aromatic nitrogens is 2. The second kappa shape index (κ2) is 11.3. The number of benzene rings is 1. The van der Waals surface area contributed by atoms with E-state index in [-0.39, 0.29) is 27.8 Å². The summed E-state index contributed by atoms with van der Waals surface area (Å²) in [7, 11) is 0. The summed E-state index contributed by atoms with van der Waals surface area (Å²) in [4.78, 5) is 21.2. The Morgan fingerprint density at radius 1 is 1.14 bits per heavy atom. The SMILES string of the molecule is CSNc1cc(Cl)cc(NC(=O)c2cc(-c3ncc(F)cc3OCc3cncc(F)c3)c(C#N)s2)c1. The lowest BCUT2D eigenvalue weighted by atomic mass is 10.1. The standard InChI is InChI=1S/C24H16ClF2N5O2S2/c1-35-32-18-4-14(25)3-17(6-18)31-24(33)21-7-19(22(8-28)36-21)23-20(5-16(27)11-30-23)34-12-13-2-15(26)10-29-9-13/h2-7,9-11,32H,12H2,1H3,(H,31,33). The molecular formula is C24H16ClF2N5O2S2. The van der Waals surface area contributed by atoms with Crippen LogP contribution in [0.3, 0.4) is 0 Å². The number of halogens is 3. The molecule has 7 nitrogen and oxygen atoms in total. The number of nitriles is 1. The van der Waals surface area contributed by atoms with Crippen LogP contribution in [-0.2, 0) is 6.61 Å². The molecule has 12 heteroatoms. The van der Waals surface area contributed by atoms with Gasteiger partial charge in [0.2, 0.25) is 0 Å². The summed E-state index contributed by atoms with van der Waals surface area (Å²) in [6.45, 7) is -0.108. The summed E-state index contributed by atoms with van der Waals surface area (Å²) in [5, 5.41) is 12.9. The predicted molar refractivity (Wildman–Crippen MR) is 137 cm³/mol. The van der Waals surface area contributed by atoms with Crippen LogP contribution in [0.15, 0.2) is 55.0 Å². The van der Waals surface area contributed by atoms with Crippen LogP contribution < -0.4 is 14.8 Å². The van der Waals surface area contributed by atoms with Crippen molar-refractivity contribution in [3.8, 4) is 23.1 Å². The molecule has 4 aromatic rings. The number of amides is 1. The summed E-state index contributed by atoms with van der Waals surface area (Å²) >= 11 is 8.47. The third-order valence-electron chi connectivity index (χ3n) is 4.66. The van der Waals surface area contributed by atoms with Gasteiger partial charge in [-0.3, -0.25) is 9.78 Å². The summed E-state index contributed by atoms with van der Waals surface area (Å²) in [6, 6.07) is 10.9. The first-order valence-electron chi connectivity index (χ1n) is 10.2. The van der Waals surface area contributed by atoms with Gasteiger partial charge in [-0.25, -0.2) is 13.8 Å². The van der Waals surface area contributed by atoms with Gasteiger partial charge in [0.15, 0.2) is 0 Å². The molecule has 0 aliphatic heterocycles. The number of carbonyl (C=O) groups excluding carboxylic acids is 1. The molecule has 0 aliphatic carbocycles. The van der Waals surface area contributed by atoms with Gasteiger partial charge in [-0.05, 0) is 30.3 Å². The third-order valence-corrected chi connectivity index (χ3v) is 6.36. The summed E-state index contributed by atoms with van der Waals surface area (Å²) in [5.74, 6) is -1.63. The average molecular weight is 544 g/mol. The molecule has 36 heavy (non-hydrogen) atoms. The van der Waals surface area contributed by atoms with Gasteiger partial charge >= 0.3 is 0 Å². The lowest BCUT2D eigenvalue weighted by molar-refractivity contribution is 0.103. The number of hydrogen-bond acceptors (Lipinski definition) is 8. The van der Waals surface area contributed by atoms with Crippen molar-refractivity contribution >= 4 is 52.2 Å². The summed E-state index contributed by atoms with van der Waals surface area (Å²) < 4.78 is 36.2. The number of anilines is 2. The lowest BCUT2D eigenvalue weighted by Gasteiger charge is -2.10. The molecule has 3 heterocycles. The van der Waals surface area contributed by atoms with Crippen molar-refractivity contribution in [2.45, 2.75) is 6.61 Å². The molecule has 3 aromatic heterocycles. The quantitative estimate of drug-likeness (QED) is 0.244. The maximum Gasteiger partial charge on any atom is 0.265 e. The molecule has 1 aromatic carbocycles. The number of ether oxygens (including phenoxy) is 1. The highest BCUT2D eigenvalue weighted by atomic mass is 35.5. The van der Waals surface area contributed by atoms with Crippen molar-refractivity contribution in [2.75, 3.05) is 16.3 Å². The predicted octanol–water partition coefficient (Wildman–Crippen LogP) is 6.53. The van der Waals surface area contributed by atoms with Crippen LogP contribution >= 0.6 is 34.9 Å². The minimum atomic E-state index is -0.659. The van der Waals surface area contributed by atoms with Gasteiger partial charge in [-0.2, -0.15) is 5.26 Å². The number of carbonyl (C=O) groups is 1. The molecule has 0 bridgehead atoms. The van der Waals surface area contributed by atoms with Crippen LogP contribution in [-0.4, -0.2) is 22.1 Å². The van der Waals surface area contributed by atoms with Crippen molar-refractivity contribution in [2.24, 2.45) is 0 Å². The molecule has 0 spiro atoms. The Morgan fingerprint density at radius 3 is 2.67 bits per heavy atom. The largest absolute Gasteiger partial charge is 0.486 e. The minimum Gasteiger partial charge on any atom is -0.486 e. The van der Waals surface area contributed by atoms with Crippen LogP contribution in [0.4, 0.5) is 20.2 Å². The average Bonchev–Trinajstić information content (AvgIpc) is 3.27. The number of nitrogens with one attached hydrogen (secondary N) is 2. The van der Waals surface area contributed by atoms with E-state index in [0.717, 1.165) is 29.8 Å². The maximum absolute atomic E-state index is 14.0. The third kappa shape index (κ3) is 6.09. The molecule has 0 unspecified atom stereocenters. The first-order chi connectivity index (χ1) is 17.4. The van der Waals surface area contributed by atoms with Gasteiger partial charge in [0.05, 0.1) is 17.3 Å². The fourth-order valence-corrected chi connectivity index (χ4v) is 4.66. The van der Waals surface area contributed by atoms with E-state index >= 15 is 0 Å². The zero-order valence-electron chi connectivity index (χ0n) is 18.5. The molecule has 0 atom stereocenters. The molecule has 4 rings (SSSR count). The van der Waals surface area contributed by atoms with E-state index < -0.39 is 17.5 Å². The highest BCUT2D eigenvalue weighted by Crippen LogP contribution is 2.36. The van der Waals surface area contributed by atoms with E-state index in [1.807, 2.05) is 12.3 Å². The van der Waals surface area contributed by atoms with Crippen molar-refractivity contribution in [3.63, 3.8) is 0 Å². The van der Waals surface area contributed by atoms with Crippen molar-refractivity contribution in [1.29, 1.82) is 5.26 Å². The minimum absolute atomic E-state index is 0.0307. The Morgan fingerprint density at radius 2 is 1.92 bits per heavy atom. The Bertz CT molecular complexity index is 1480. The normalized spacial score (nSPS) is 10.5. The molecule has 0 aliphatic rings. The topological polar surface area (TPSA) is 99.9 Å². The monoisotopic (exact) mass is 543 g/mol. The number of thiophene rings is 1. The molecule has 1 amide bonds. The summed E-state index contributed by atoms with van der Waals surface area (Å²) in [6.07, 6.45) is 5.31. The van der Waals surface area contributed by atoms with Gasteiger partial charge in [0, 0.05) is 46.0 Å². The van der Waals surface area contributed by atoms with Crippen LogP contribution in [0.5, 0.6) is 5.75 Å². The highest BCUT2D eigenvalue weighted by molar-refractivity contribution is 7.99. The van der Waals surface area contributed by atoms with Gasteiger partial charge in [-0.15, -0.1) is 11.3 Å². The first-order valence-corrected chi connectivity index (χ1v) is 12.6. The summed E-state index contributed by atoms with van der Waals surface area (Å²) in [5.41, 5.74) is 2.07. The van der Waals surface area contributed by atoms with E-state index in [0.29, 0.717) is 27.5 Å². The Hall–Kier alpha value is -3.72. The van der Waals surface area contributed by atoms with Crippen LogP contribution in [0.1, 0.15) is 20.1 Å². The van der Waals surface area contributed by atoms with Gasteiger partial charge in [-0.1, -0.05) is 23.5 Å². The molecule has 0 saturated carbocycles. The first kappa shape index (κ1) is 25.4. The van der Waals surface area contributed by atoms with Crippen molar-refractivity contribution < 1.29 is 18.3 Å². The molecule has 0 radical (unpaired) electrons. The Labute approximate surface area is 218 Å². The maximum atomic E-state index is 14.0. The van der Waals surface area contributed by atoms with Crippen LogP contribution in [0.25, 0.3) is 11.3 Å². The fourth-order valence-electron chi connectivity index (χ4n) is 3.22. The van der Waals surface area contributed by atoms with Crippen LogP contribution in [0.2, 0.25) is 5.02 Å². The van der Waals surface area contributed by atoms with Crippen molar-refractivity contribution in [3.05, 3.63) is 87.0 Å². The van der Waals surface area contributed by atoms with Gasteiger partial charge in [0.25, 0.3) is 5.91 Å². The van der Waals surface area contributed by atoms with E-state index in [2.05, 4.69) is 20.0 Å². The molecule has 0 fully saturated rings. The van der Waals surface area contributed by atoms with E-state index in [9.17, 15) is 18.8 Å². The molecule has 182 valence electrons. The van der Waals surface area contributed by atoms with E-state index in [1.54, 1.807) is 18.2 Å². The number of hydrogen-bond donors (Lipinski definition) is 2. The number of nitrogens with zero attached hydrogens (tertiary/aromatic N) is 3. The highest BCUT2D eigenvalue weighted by Gasteiger charge is 2.21. The van der Waals surface area contributed by atoms with Crippen LogP contribution in [0, 0.1) is 23.0 Å². The van der Waals surface area contributed by atoms with E-state index in [4.69, 9.17) is 16.3 Å².